The Morgan fingerprint density at radius 3 is 2.63 bits per heavy atom. The number of hydrogen-bond acceptors (Lipinski definition) is 6. The predicted molar refractivity (Wildman–Crippen MR) is 101 cm³/mol. The van der Waals surface area contributed by atoms with E-state index >= 15 is 0 Å². The molecule has 8 heteroatoms. The predicted octanol–water partition coefficient (Wildman–Crippen LogP) is 2.58. The molecule has 0 radical (unpaired) electrons. The minimum atomic E-state index is -0.424. The van der Waals surface area contributed by atoms with Gasteiger partial charge in [-0.05, 0) is 38.0 Å². The molecule has 1 aliphatic heterocycles. The van der Waals surface area contributed by atoms with Crippen molar-refractivity contribution in [2.45, 2.75) is 19.8 Å². The Bertz CT molecular complexity index is 926. The highest BCUT2D eigenvalue weighted by Gasteiger charge is 2.47. The SMILES string of the molecule is CCOc1ccc2nc(NC(=O)CN3C(=O)[C@H]4CC=CC[C@H]4C3=O)sc2c1. The van der Waals surface area contributed by atoms with Crippen molar-refractivity contribution < 1.29 is 19.1 Å². The fourth-order valence-corrected chi connectivity index (χ4v) is 4.45. The first-order chi connectivity index (χ1) is 13.1. The number of anilines is 1. The van der Waals surface area contributed by atoms with Crippen LogP contribution in [0.2, 0.25) is 0 Å². The molecule has 1 aromatic heterocycles. The van der Waals surface area contributed by atoms with E-state index in [9.17, 15) is 14.4 Å². The van der Waals surface area contributed by atoms with Crippen LogP contribution in [0.25, 0.3) is 10.2 Å². The van der Waals surface area contributed by atoms with Gasteiger partial charge in [0.2, 0.25) is 17.7 Å². The number of carbonyl (C=O) groups excluding carboxylic acids is 3. The summed E-state index contributed by atoms with van der Waals surface area (Å²) in [5.74, 6) is -0.835. The van der Waals surface area contributed by atoms with E-state index in [0.29, 0.717) is 24.6 Å². The third-order valence-electron chi connectivity index (χ3n) is 4.82. The number of aromatic nitrogens is 1. The van der Waals surface area contributed by atoms with E-state index in [-0.39, 0.29) is 30.2 Å². The van der Waals surface area contributed by atoms with Crippen LogP contribution >= 0.6 is 11.3 Å². The second kappa shape index (κ2) is 7.11. The molecule has 0 spiro atoms. The topological polar surface area (TPSA) is 88.6 Å². The maximum Gasteiger partial charge on any atom is 0.246 e. The standard InChI is InChI=1S/C19H19N3O4S/c1-2-26-11-7-8-14-15(9-11)27-19(20-14)21-16(23)10-22-17(24)12-5-3-4-6-13(12)18(22)25/h3-4,7-9,12-13H,2,5-6,10H2,1H3,(H,20,21,23)/t12-,13+. The van der Waals surface area contributed by atoms with Crippen LogP contribution in [0.1, 0.15) is 19.8 Å². The van der Waals surface area contributed by atoms with E-state index < -0.39 is 5.91 Å². The van der Waals surface area contributed by atoms with Gasteiger partial charge in [0.15, 0.2) is 5.13 Å². The van der Waals surface area contributed by atoms with Crippen LogP contribution < -0.4 is 10.1 Å². The van der Waals surface area contributed by atoms with Gasteiger partial charge in [-0.1, -0.05) is 23.5 Å². The molecule has 4 rings (SSSR count). The number of likely N-dealkylation sites (tertiary alicyclic amines) is 1. The van der Waals surface area contributed by atoms with Crippen LogP contribution in [0.3, 0.4) is 0 Å². The van der Waals surface area contributed by atoms with Gasteiger partial charge in [-0.2, -0.15) is 0 Å². The molecule has 2 heterocycles. The molecule has 27 heavy (non-hydrogen) atoms. The van der Waals surface area contributed by atoms with Crippen molar-refractivity contribution in [2.75, 3.05) is 18.5 Å². The lowest BCUT2D eigenvalue weighted by Gasteiger charge is -2.14. The third kappa shape index (κ3) is 3.32. The summed E-state index contributed by atoms with van der Waals surface area (Å²) in [6.45, 7) is 2.21. The molecule has 2 aliphatic rings. The van der Waals surface area contributed by atoms with Gasteiger partial charge in [0.25, 0.3) is 0 Å². The maximum atomic E-state index is 12.4. The van der Waals surface area contributed by atoms with Crippen LogP contribution in [0.4, 0.5) is 5.13 Å². The summed E-state index contributed by atoms with van der Waals surface area (Å²) in [5.41, 5.74) is 0.754. The third-order valence-corrected chi connectivity index (χ3v) is 5.75. The van der Waals surface area contributed by atoms with E-state index in [1.165, 1.54) is 11.3 Å². The minimum Gasteiger partial charge on any atom is -0.494 e. The smallest absolute Gasteiger partial charge is 0.246 e. The van der Waals surface area contributed by atoms with E-state index in [0.717, 1.165) is 20.9 Å². The second-order valence-electron chi connectivity index (χ2n) is 6.55. The fourth-order valence-electron chi connectivity index (χ4n) is 3.54. The Kier molecular flexibility index (Phi) is 4.65. The van der Waals surface area contributed by atoms with Gasteiger partial charge in [0.05, 0.1) is 28.7 Å². The van der Waals surface area contributed by atoms with Crippen LogP contribution in [-0.4, -0.2) is 40.8 Å². The molecule has 7 nitrogen and oxygen atoms in total. The van der Waals surface area contributed by atoms with Crippen LogP contribution in [0, 0.1) is 11.8 Å². The van der Waals surface area contributed by atoms with Crippen molar-refractivity contribution in [2.24, 2.45) is 11.8 Å². The zero-order valence-electron chi connectivity index (χ0n) is 14.8. The van der Waals surface area contributed by atoms with Gasteiger partial charge >= 0.3 is 0 Å². The number of imide groups is 1. The molecular formula is C19H19N3O4S. The lowest BCUT2D eigenvalue weighted by molar-refractivity contribution is -0.142. The Labute approximate surface area is 160 Å². The first kappa shape index (κ1) is 17.7. The molecule has 3 amide bonds. The Morgan fingerprint density at radius 2 is 1.96 bits per heavy atom. The largest absolute Gasteiger partial charge is 0.494 e. The minimum absolute atomic E-state index is 0.254. The Morgan fingerprint density at radius 1 is 1.26 bits per heavy atom. The van der Waals surface area contributed by atoms with E-state index in [4.69, 9.17) is 4.74 Å². The first-order valence-corrected chi connectivity index (χ1v) is 9.72. The molecule has 140 valence electrons. The molecule has 2 atom stereocenters. The summed E-state index contributed by atoms with van der Waals surface area (Å²) in [5, 5.41) is 3.13. The van der Waals surface area contributed by atoms with Gasteiger partial charge in [0, 0.05) is 0 Å². The quantitative estimate of drug-likeness (QED) is 0.631. The number of thiazole rings is 1. The summed E-state index contributed by atoms with van der Waals surface area (Å²) in [7, 11) is 0. The monoisotopic (exact) mass is 385 g/mol. The van der Waals surface area contributed by atoms with Crippen LogP contribution in [0.5, 0.6) is 5.75 Å². The summed E-state index contributed by atoms with van der Waals surface area (Å²) >= 11 is 1.32. The van der Waals surface area contributed by atoms with Crippen molar-refractivity contribution >= 4 is 44.4 Å². The normalized spacial score (nSPS) is 21.6. The maximum absolute atomic E-state index is 12.4. The molecule has 0 saturated carbocycles. The molecule has 0 unspecified atom stereocenters. The van der Waals surface area contributed by atoms with Crippen molar-refractivity contribution in [3.8, 4) is 5.75 Å². The fraction of sp³-hybridized carbons (Fsp3) is 0.368. The molecule has 1 aliphatic carbocycles. The van der Waals surface area contributed by atoms with Gasteiger partial charge in [-0.25, -0.2) is 4.98 Å². The number of nitrogens with zero attached hydrogens (tertiary/aromatic N) is 2. The molecule has 1 saturated heterocycles. The average Bonchev–Trinajstić information content (AvgIpc) is 3.16. The molecule has 1 N–H and O–H groups in total. The molecule has 1 fully saturated rings. The number of amides is 3. The van der Waals surface area contributed by atoms with Crippen molar-refractivity contribution in [1.82, 2.24) is 9.88 Å². The Balaban J connectivity index is 1.44. The van der Waals surface area contributed by atoms with Crippen LogP contribution in [0.15, 0.2) is 30.4 Å². The van der Waals surface area contributed by atoms with Gasteiger partial charge in [-0.3, -0.25) is 19.3 Å². The molecule has 1 aromatic carbocycles. The van der Waals surface area contributed by atoms with Gasteiger partial charge in [-0.15, -0.1) is 0 Å². The highest BCUT2D eigenvalue weighted by atomic mass is 32.1. The number of carbonyl (C=O) groups is 3. The Hall–Kier alpha value is -2.74. The van der Waals surface area contributed by atoms with E-state index in [1.807, 2.05) is 37.3 Å². The molecule has 2 aromatic rings. The number of ether oxygens (including phenoxy) is 1. The lowest BCUT2D eigenvalue weighted by Crippen LogP contribution is -2.38. The van der Waals surface area contributed by atoms with Gasteiger partial charge in [0.1, 0.15) is 12.3 Å². The zero-order valence-corrected chi connectivity index (χ0v) is 15.6. The lowest BCUT2D eigenvalue weighted by atomic mass is 9.85. The van der Waals surface area contributed by atoms with Crippen molar-refractivity contribution in [3.63, 3.8) is 0 Å². The zero-order chi connectivity index (χ0) is 19.0. The average molecular weight is 385 g/mol. The summed E-state index contributed by atoms with van der Waals surface area (Å²) < 4.78 is 6.36. The van der Waals surface area contributed by atoms with Gasteiger partial charge < -0.3 is 10.1 Å². The molecule has 0 bridgehead atoms. The number of fused-ring (bicyclic) bond motifs is 2. The van der Waals surface area contributed by atoms with Crippen molar-refractivity contribution in [1.29, 1.82) is 0 Å². The van der Waals surface area contributed by atoms with Crippen LogP contribution in [-0.2, 0) is 14.4 Å². The first-order valence-electron chi connectivity index (χ1n) is 8.90. The summed E-state index contributed by atoms with van der Waals surface area (Å²) in [4.78, 5) is 42.7. The van der Waals surface area contributed by atoms with Crippen molar-refractivity contribution in [3.05, 3.63) is 30.4 Å². The number of nitrogens with one attached hydrogen (secondary N) is 1. The molecular weight excluding hydrogens is 366 g/mol. The number of allylic oxidation sites excluding steroid dienone is 2. The number of benzene rings is 1. The van der Waals surface area contributed by atoms with E-state index in [1.54, 1.807) is 0 Å². The highest BCUT2D eigenvalue weighted by molar-refractivity contribution is 7.22. The highest BCUT2D eigenvalue weighted by Crippen LogP contribution is 2.35. The number of hydrogen-bond donors (Lipinski definition) is 1. The van der Waals surface area contributed by atoms with E-state index in [2.05, 4.69) is 10.3 Å². The summed E-state index contributed by atoms with van der Waals surface area (Å²) in [6, 6.07) is 5.53. The summed E-state index contributed by atoms with van der Waals surface area (Å²) in [6.07, 6.45) is 4.97. The number of rotatable bonds is 5. The second-order valence-corrected chi connectivity index (χ2v) is 7.58.